The van der Waals surface area contributed by atoms with E-state index in [2.05, 4.69) is 25.9 Å². The highest BCUT2D eigenvalue weighted by Gasteiger charge is 2.27. The minimum Gasteiger partial charge on any atom is -0.481 e. The first-order valence-corrected chi connectivity index (χ1v) is 9.56. The van der Waals surface area contributed by atoms with Crippen LogP contribution in [0.5, 0.6) is 0 Å². The Balaban J connectivity index is 2.59. The Morgan fingerprint density at radius 2 is 1.81 bits per heavy atom. The summed E-state index contributed by atoms with van der Waals surface area (Å²) < 4.78 is 0. The molecule has 13 nitrogen and oxygen atoms in total. The van der Waals surface area contributed by atoms with E-state index in [4.69, 9.17) is 10.8 Å². The molecule has 0 aliphatic heterocycles. The quantitative estimate of drug-likeness (QED) is 0.180. The lowest BCUT2D eigenvalue weighted by atomic mass is 10.0. The van der Waals surface area contributed by atoms with Crippen molar-refractivity contribution in [3.63, 3.8) is 0 Å². The lowest BCUT2D eigenvalue weighted by Gasteiger charge is -2.23. The summed E-state index contributed by atoms with van der Waals surface area (Å²) in [6.07, 6.45) is 2.40. The zero-order chi connectivity index (χ0) is 23.6. The van der Waals surface area contributed by atoms with E-state index in [-0.39, 0.29) is 25.2 Å². The largest absolute Gasteiger partial charge is 0.481 e. The van der Waals surface area contributed by atoms with Gasteiger partial charge < -0.3 is 36.9 Å². The first-order chi connectivity index (χ1) is 14.5. The zero-order valence-corrected chi connectivity index (χ0v) is 17.3. The number of aliphatic carboxylic acids is 2. The van der Waals surface area contributed by atoms with Crippen LogP contribution in [0.15, 0.2) is 12.5 Å². The highest BCUT2D eigenvalue weighted by molar-refractivity contribution is 5.92. The Morgan fingerprint density at radius 1 is 1.13 bits per heavy atom. The van der Waals surface area contributed by atoms with Crippen LogP contribution < -0.4 is 21.7 Å². The Kier molecular flexibility index (Phi) is 10.1. The Morgan fingerprint density at radius 3 is 2.32 bits per heavy atom. The SMILES string of the molecule is CC(C)C(NC(=O)C(N)CCC(=O)O)C(=O)NCC(=O)NC(Cc1cnc[nH]1)C(=O)O. The molecule has 0 spiro atoms. The molecule has 3 amide bonds. The van der Waals surface area contributed by atoms with Crippen molar-refractivity contribution in [2.45, 2.75) is 51.2 Å². The lowest BCUT2D eigenvalue weighted by molar-refractivity contribution is -0.142. The molecule has 0 radical (unpaired) electrons. The molecule has 1 rings (SSSR count). The van der Waals surface area contributed by atoms with Crippen molar-refractivity contribution in [2.24, 2.45) is 11.7 Å². The molecule has 31 heavy (non-hydrogen) atoms. The van der Waals surface area contributed by atoms with E-state index in [0.717, 1.165) is 0 Å². The number of aromatic amines is 1. The monoisotopic (exact) mass is 440 g/mol. The van der Waals surface area contributed by atoms with E-state index in [1.54, 1.807) is 13.8 Å². The van der Waals surface area contributed by atoms with Gasteiger partial charge in [-0.25, -0.2) is 9.78 Å². The summed E-state index contributed by atoms with van der Waals surface area (Å²) in [5.74, 6) is -4.79. The molecule has 3 unspecified atom stereocenters. The molecular weight excluding hydrogens is 412 g/mol. The molecule has 1 heterocycles. The molecule has 3 atom stereocenters. The fraction of sp³-hybridized carbons (Fsp3) is 0.556. The molecule has 13 heteroatoms. The third-order valence-electron chi connectivity index (χ3n) is 4.29. The van der Waals surface area contributed by atoms with Crippen LogP contribution in [0.1, 0.15) is 32.4 Å². The average Bonchev–Trinajstić information content (AvgIpc) is 3.20. The van der Waals surface area contributed by atoms with Gasteiger partial charge in [0.05, 0.1) is 18.9 Å². The minimum atomic E-state index is -1.25. The third-order valence-corrected chi connectivity index (χ3v) is 4.29. The van der Waals surface area contributed by atoms with E-state index in [1.807, 2.05) is 0 Å². The summed E-state index contributed by atoms with van der Waals surface area (Å²) in [6, 6.07) is -3.35. The van der Waals surface area contributed by atoms with Crippen LogP contribution in [0.3, 0.4) is 0 Å². The van der Waals surface area contributed by atoms with Crippen molar-refractivity contribution < 1.29 is 34.2 Å². The van der Waals surface area contributed by atoms with Crippen molar-refractivity contribution in [3.05, 3.63) is 18.2 Å². The smallest absolute Gasteiger partial charge is 0.326 e. The molecule has 8 N–H and O–H groups in total. The van der Waals surface area contributed by atoms with Crippen molar-refractivity contribution in [1.29, 1.82) is 0 Å². The number of carboxylic acids is 2. The van der Waals surface area contributed by atoms with Gasteiger partial charge in [-0.3, -0.25) is 19.2 Å². The Hall–Kier alpha value is -3.48. The number of carbonyl (C=O) groups is 5. The van der Waals surface area contributed by atoms with E-state index in [1.165, 1.54) is 12.5 Å². The first-order valence-electron chi connectivity index (χ1n) is 9.56. The van der Waals surface area contributed by atoms with Crippen LogP contribution in [-0.4, -0.2) is 74.5 Å². The van der Waals surface area contributed by atoms with E-state index in [9.17, 15) is 29.1 Å². The predicted molar refractivity (Wildman–Crippen MR) is 106 cm³/mol. The Labute approximate surface area is 178 Å². The molecular formula is C18H28N6O7. The highest BCUT2D eigenvalue weighted by atomic mass is 16.4. The molecule has 0 fully saturated rings. The van der Waals surface area contributed by atoms with E-state index < -0.39 is 54.3 Å². The number of carbonyl (C=O) groups excluding carboxylic acids is 3. The number of rotatable bonds is 13. The Bertz CT molecular complexity index is 780. The number of aromatic nitrogens is 2. The van der Waals surface area contributed by atoms with Crippen LogP contribution in [0.25, 0.3) is 0 Å². The molecule has 0 saturated heterocycles. The van der Waals surface area contributed by atoms with Crippen molar-refractivity contribution in [2.75, 3.05) is 6.54 Å². The summed E-state index contributed by atoms with van der Waals surface area (Å²) in [7, 11) is 0. The minimum absolute atomic E-state index is 0.0199. The van der Waals surface area contributed by atoms with Crippen molar-refractivity contribution in [1.82, 2.24) is 25.9 Å². The maximum atomic E-state index is 12.4. The molecule has 0 aliphatic carbocycles. The first kappa shape index (κ1) is 25.6. The van der Waals surface area contributed by atoms with Crippen LogP contribution in [0, 0.1) is 5.92 Å². The summed E-state index contributed by atoms with van der Waals surface area (Å²) in [4.78, 5) is 65.1. The molecule has 1 aromatic heterocycles. The number of nitrogens with zero attached hydrogens (tertiary/aromatic N) is 1. The van der Waals surface area contributed by atoms with Gasteiger partial charge >= 0.3 is 11.9 Å². The number of hydrogen-bond acceptors (Lipinski definition) is 7. The van der Waals surface area contributed by atoms with Crippen LogP contribution in [0.4, 0.5) is 0 Å². The van der Waals surface area contributed by atoms with Gasteiger partial charge in [-0.2, -0.15) is 0 Å². The molecule has 172 valence electrons. The van der Waals surface area contributed by atoms with Crippen LogP contribution in [0.2, 0.25) is 0 Å². The number of imidazole rings is 1. The van der Waals surface area contributed by atoms with Gasteiger partial charge in [0, 0.05) is 24.7 Å². The molecule has 0 bridgehead atoms. The van der Waals surface area contributed by atoms with Crippen molar-refractivity contribution in [3.8, 4) is 0 Å². The van der Waals surface area contributed by atoms with Crippen LogP contribution >= 0.6 is 0 Å². The van der Waals surface area contributed by atoms with Gasteiger partial charge in [-0.1, -0.05) is 13.8 Å². The molecule has 0 saturated carbocycles. The molecule has 0 aliphatic rings. The van der Waals surface area contributed by atoms with Crippen molar-refractivity contribution >= 4 is 29.7 Å². The van der Waals surface area contributed by atoms with E-state index >= 15 is 0 Å². The standard InChI is InChI=1S/C18H28N6O7/c1-9(2)15(24-16(28)11(19)3-4-14(26)27)17(29)21-7-13(25)23-12(18(30)31)5-10-6-20-8-22-10/h6,8-9,11-12,15H,3-5,7,19H2,1-2H3,(H,20,22)(H,21,29)(H,23,25)(H,24,28)(H,26,27)(H,30,31). The number of H-pyrrole nitrogens is 1. The number of carboxylic acid groups (broad SMARTS) is 2. The van der Waals surface area contributed by atoms with E-state index in [0.29, 0.717) is 5.69 Å². The maximum absolute atomic E-state index is 12.4. The number of nitrogens with two attached hydrogens (primary N) is 1. The molecule has 0 aromatic carbocycles. The van der Waals surface area contributed by atoms with Gasteiger partial charge in [0.25, 0.3) is 0 Å². The van der Waals surface area contributed by atoms with Gasteiger partial charge in [0.1, 0.15) is 12.1 Å². The lowest BCUT2D eigenvalue weighted by Crippen LogP contribution is -2.55. The average molecular weight is 440 g/mol. The fourth-order valence-corrected chi connectivity index (χ4v) is 2.54. The zero-order valence-electron chi connectivity index (χ0n) is 17.3. The second kappa shape index (κ2) is 12.3. The van der Waals surface area contributed by atoms with Gasteiger partial charge in [-0.15, -0.1) is 0 Å². The summed E-state index contributed by atoms with van der Waals surface area (Å²) in [6.45, 7) is 2.83. The summed E-state index contributed by atoms with van der Waals surface area (Å²) in [5.41, 5.74) is 6.15. The summed E-state index contributed by atoms with van der Waals surface area (Å²) in [5, 5.41) is 25.0. The van der Waals surface area contributed by atoms with Gasteiger partial charge in [-0.05, 0) is 12.3 Å². The third kappa shape index (κ3) is 9.25. The maximum Gasteiger partial charge on any atom is 0.326 e. The summed E-state index contributed by atoms with van der Waals surface area (Å²) >= 11 is 0. The second-order valence-corrected chi connectivity index (χ2v) is 7.23. The van der Waals surface area contributed by atoms with Gasteiger partial charge in [0.2, 0.25) is 17.7 Å². The fourth-order valence-electron chi connectivity index (χ4n) is 2.54. The number of amides is 3. The number of hydrogen-bond donors (Lipinski definition) is 7. The normalized spacial score (nSPS) is 13.7. The van der Waals surface area contributed by atoms with Gasteiger partial charge in [0.15, 0.2) is 0 Å². The second-order valence-electron chi connectivity index (χ2n) is 7.23. The predicted octanol–water partition coefficient (Wildman–Crippen LogP) is -2.03. The van der Waals surface area contributed by atoms with Crippen LogP contribution in [-0.2, 0) is 30.4 Å². The molecule has 1 aromatic rings. The highest BCUT2D eigenvalue weighted by Crippen LogP contribution is 2.04. The number of nitrogens with one attached hydrogen (secondary N) is 4. The topological polar surface area (TPSA) is 217 Å².